The molecule has 1 aliphatic heterocycles. The molecular formula is C22H26N6O2. The van der Waals surface area contributed by atoms with Crippen LogP contribution in [0.25, 0.3) is 0 Å². The lowest BCUT2D eigenvalue weighted by Gasteiger charge is -2.26. The molecule has 1 N–H and O–H groups in total. The lowest BCUT2D eigenvalue weighted by atomic mass is 9.98. The van der Waals surface area contributed by atoms with E-state index in [1.165, 1.54) is 5.56 Å². The van der Waals surface area contributed by atoms with Gasteiger partial charge in [-0.25, -0.2) is 0 Å². The molecule has 0 bridgehead atoms. The Hall–Kier alpha value is -3.10. The average Bonchev–Trinajstić information content (AvgIpc) is 3.27. The Morgan fingerprint density at radius 2 is 1.77 bits per heavy atom. The van der Waals surface area contributed by atoms with E-state index in [0.717, 1.165) is 44.0 Å². The molecule has 2 aromatic heterocycles. The normalized spacial score (nSPS) is 15.6. The van der Waals surface area contributed by atoms with Crippen LogP contribution in [-0.2, 0) is 11.3 Å². The monoisotopic (exact) mass is 406 g/mol. The summed E-state index contributed by atoms with van der Waals surface area (Å²) in [5, 5.41) is 11.3. The van der Waals surface area contributed by atoms with Gasteiger partial charge in [0.05, 0.1) is 32.0 Å². The second-order valence-electron chi connectivity index (χ2n) is 7.42. The highest BCUT2D eigenvalue weighted by Gasteiger charge is 2.20. The number of benzene rings is 1. The number of aromatic nitrogens is 4. The maximum absolute atomic E-state index is 12.9. The summed E-state index contributed by atoms with van der Waals surface area (Å²) in [4.78, 5) is 19.3. The van der Waals surface area contributed by atoms with E-state index >= 15 is 0 Å². The van der Waals surface area contributed by atoms with E-state index in [1.54, 1.807) is 23.3 Å². The van der Waals surface area contributed by atoms with Gasteiger partial charge < -0.3 is 10.1 Å². The minimum absolute atomic E-state index is 0.255. The zero-order valence-electron chi connectivity index (χ0n) is 17.1. The predicted molar refractivity (Wildman–Crippen MR) is 112 cm³/mol. The van der Waals surface area contributed by atoms with Crippen LogP contribution in [0.5, 0.6) is 0 Å². The van der Waals surface area contributed by atoms with Crippen LogP contribution in [0.15, 0.2) is 55.0 Å². The standard InChI is InChI=1S/C22H26N6O2/c1-17-2-4-18(5-3-17)21(19-6-8-23-9-7-19)24-22(29)20-16-28(26-25-20)11-10-27-12-14-30-15-13-27/h2-9,16,21H,10-15H2,1H3,(H,24,29). The summed E-state index contributed by atoms with van der Waals surface area (Å²) in [5.41, 5.74) is 3.44. The SMILES string of the molecule is Cc1ccc(C(NC(=O)c2cn(CCN3CCOCC3)nn2)c2ccncc2)cc1. The number of hydrogen-bond acceptors (Lipinski definition) is 6. The summed E-state index contributed by atoms with van der Waals surface area (Å²) in [7, 11) is 0. The Morgan fingerprint density at radius 1 is 1.07 bits per heavy atom. The van der Waals surface area contributed by atoms with Crippen LogP contribution in [0, 0.1) is 6.92 Å². The minimum atomic E-state index is -0.292. The Bertz CT molecular complexity index is 951. The maximum Gasteiger partial charge on any atom is 0.274 e. The molecule has 1 unspecified atom stereocenters. The van der Waals surface area contributed by atoms with Crippen molar-refractivity contribution >= 4 is 5.91 Å². The molecule has 4 rings (SSSR count). The van der Waals surface area contributed by atoms with Crippen molar-refractivity contribution in [1.82, 2.24) is 30.2 Å². The van der Waals surface area contributed by atoms with E-state index in [1.807, 2.05) is 43.3 Å². The van der Waals surface area contributed by atoms with Gasteiger partial charge in [0.2, 0.25) is 0 Å². The molecule has 8 heteroatoms. The summed E-state index contributed by atoms with van der Waals surface area (Å²) >= 11 is 0. The highest BCUT2D eigenvalue weighted by Crippen LogP contribution is 2.22. The third-order valence-electron chi connectivity index (χ3n) is 5.25. The van der Waals surface area contributed by atoms with Crippen LogP contribution < -0.4 is 5.32 Å². The van der Waals surface area contributed by atoms with E-state index in [9.17, 15) is 4.79 Å². The summed E-state index contributed by atoms with van der Waals surface area (Å²) in [6.45, 7) is 6.96. The molecule has 3 aromatic rings. The molecule has 3 heterocycles. The van der Waals surface area contributed by atoms with E-state index in [2.05, 4.69) is 25.5 Å². The quantitative estimate of drug-likeness (QED) is 0.644. The Balaban J connectivity index is 1.45. The Morgan fingerprint density at radius 3 is 2.50 bits per heavy atom. The fourth-order valence-corrected chi connectivity index (χ4v) is 3.46. The van der Waals surface area contributed by atoms with Crippen molar-refractivity contribution in [3.63, 3.8) is 0 Å². The number of nitrogens with one attached hydrogen (secondary N) is 1. The number of amides is 1. The Labute approximate surface area is 175 Å². The molecule has 8 nitrogen and oxygen atoms in total. The molecule has 156 valence electrons. The first kappa shape index (κ1) is 20.2. The van der Waals surface area contributed by atoms with Crippen LogP contribution in [0.2, 0.25) is 0 Å². The van der Waals surface area contributed by atoms with E-state index in [4.69, 9.17) is 4.74 Å². The van der Waals surface area contributed by atoms with Gasteiger partial charge in [0, 0.05) is 32.0 Å². The van der Waals surface area contributed by atoms with Gasteiger partial charge in [0.15, 0.2) is 5.69 Å². The average molecular weight is 406 g/mol. The zero-order valence-corrected chi connectivity index (χ0v) is 17.1. The number of nitrogens with zero attached hydrogens (tertiary/aromatic N) is 5. The highest BCUT2D eigenvalue weighted by atomic mass is 16.5. The van der Waals surface area contributed by atoms with Gasteiger partial charge in [-0.05, 0) is 30.2 Å². The second-order valence-corrected chi connectivity index (χ2v) is 7.42. The lowest BCUT2D eigenvalue weighted by molar-refractivity contribution is 0.0359. The van der Waals surface area contributed by atoms with Crippen LogP contribution in [-0.4, -0.2) is 63.6 Å². The first-order chi connectivity index (χ1) is 14.7. The fraction of sp³-hybridized carbons (Fsp3) is 0.364. The van der Waals surface area contributed by atoms with Gasteiger partial charge in [-0.3, -0.25) is 19.4 Å². The van der Waals surface area contributed by atoms with E-state index < -0.39 is 0 Å². The molecule has 0 radical (unpaired) electrons. The van der Waals surface area contributed by atoms with Crippen molar-refractivity contribution in [1.29, 1.82) is 0 Å². The zero-order chi connectivity index (χ0) is 20.8. The van der Waals surface area contributed by atoms with Gasteiger partial charge in [-0.15, -0.1) is 5.10 Å². The van der Waals surface area contributed by atoms with Crippen LogP contribution in [0.4, 0.5) is 0 Å². The molecule has 0 aliphatic carbocycles. The van der Waals surface area contributed by atoms with Crippen molar-refractivity contribution in [2.45, 2.75) is 19.5 Å². The number of aryl methyl sites for hydroxylation is 1. The largest absolute Gasteiger partial charge is 0.379 e. The molecule has 1 amide bonds. The number of carbonyl (C=O) groups is 1. The highest BCUT2D eigenvalue weighted by molar-refractivity contribution is 5.92. The third kappa shape index (κ3) is 5.08. The van der Waals surface area contributed by atoms with Gasteiger partial charge in [-0.2, -0.15) is 0 Å². The number of rotatable bonds is 7. The van der Waals surface area contributed by atoms with E-state index in [-0.39, 0.29) is 11.9 Å². The molecule has 1 fully saturated rings. The van der Waals surface area contributed by atoms with Gasteiger partial charge in [0.25, 0.3) is 5.91 Å². The summed E-state index contributed by atoms with van der Waals surface area (Å²) in [5.74, 6) is -0.255. The van der Waals surface area contributed by atoms with Crippen LogP contribution in [0.1, 0.15) is 33.2 Å². The number of pyridine rings is 1. The molecule has 1 atom stereocenters. The third-order valence-corrected chi connectivity index (χ3v) is 5.25. The van der Waals surface area contributed by atoms with Gasteiger partial charge >= 0.3 is 0 Å². The number of ether oxygens (including phenoxy) is 1. The molecule has 1 saturated heterocycles. The molecule has 1 aliphatic rings. The van der Waals surface area contributed by atoms with Gasteiger partial charge in [0.1, 0.15) is 0 Å². The van der Waals surface area contributed by atoms with E-state index in [0.29, 0.717) is 12.2 Å². The number of morpholine rings is 1. The summed E-state index contributed by atoms with van der Waals surface area (Å²) in [6.07, 6.45) is 5.16. The Kier molecular flexibility index (Phi) is 6.46. The molecular weight excluding hydrogens is 380 g/mol. The lowest BCUT2D eigenvalue weighted by Crippen LogP contribution is -2.38. The molecule has 1 aromatic carbocycles. The van der Waals surface area contributed by atoms with Crippen molar-refractivity contribution in [3.05, 3.63) is 77.4 Å². The molecule has 0 saturated carbocycles. The van der Waals surface area contributed by atoms with Crippen LogP contribution in [0.3, 0.4) is 0 Å². The molecule has 30 heavy (non-hydrogen) atoms. The summed E-state index contributed by atoms with van der Waals surface area (Å²) < 4.78 is 7.09. The first-order valence-electron chi connectivity index (χ1n) is 10.2. The van der Waals surface area contributed by atoms with Crippen molar-refractivity contribution in [2.24, 2.45) is 0 Å². The van der Waals surface area contributed by atoms with Crippen molar-refractivity contribution < 1.29 is 9.53 Å². The fourth-order valence-electron chi connectivity index (χ4n) is 3.46. The molecule has 0 spiro atoms. The van der Waals surface area contributed by atoms with Gasteiger partial charge in [-0.1, -0.05) is 35.0 Å². The van der Waals surface area contributed by atoms with Crippen molar-refractivity contribution in [2.75, 3.05) is 32.8 Å². The summed E-state index contributed by atoms with van der Waals surface area (Å²) in [6, 6.07) is 11.7. The predicted octanol–water partition coefficient (Wildman–Crippen LogP) is 1.83. The maximum atomic E-state index is 12.9. The smallest absolute Gasteiger partial charge is 0.274 e. The van der Waals surface area contributed by atoms with Crippen molar-refractivity contribution in [3.8, 4) is 0 Å². The minimum Gasteiger partial charge on any atom is -0.379 e. The first-order valence-corrected chi connectivity index (χ1v) is 10.2. The number of hydrogen-bond donors (Lipinski definition) is 1. The second kappa shape index (κ2) is 9.60. The topological polar surface area (TPSA) is 85.2 Å². The number of carbonyl (C=O) groups excluding carboxylic acids is 1. The van der Waals surface area contributed by atoms with Crippen LogP contribution >= 0.6 is 0 Å².